The van der Waals surface area contributed by atoms with Crippen LogP contribution in [0.2, 0.25) is 5.02 Å². The highest BCUT2D eigenvalue weighted by Gasteiger charge is 2.22. The molecule has 1 aliphatic rings. The lowest BCUT2D eigenvalue weighted by Gasteiger charge is -2.34. The fourth-order valence-corrected chi connectivity index (χ4v) is 4.25. The number of nitrogens with one attached hydrogen (secondary N) is 1. The number of aromatic nitrogens is 1. The molecule has 7 nitrogen and oxygen atoms in total. The van der Waals surface area contributed by atoms with Crippen LogP contribution in [0.4, 0.5) is 5.13 Å². The Balaban J connectivity index is 1.25. The van der Waals surface area contributed by atoms with Crippen molar-refractivity contribution in [3.05, 3.63) is 70.1 Å². The highest BCUT2D eigenvalue weighted by molar-refractivity contribution is 7.14. The van der Waals surface area contributed by atoms with Gasteiger partial charge in [0.1, 0.15) is 0 Å². The number of benzene rings is 1. The van der Waals surface area contributed by atoms with E-state index < -0.39 is 0 Å². The minimum atomic E-state index is -0.358. The van der Waals surface area contributed by atoms with E-state index in [4.69, 9.17) is 16.0 Å². The summed E-state index contributed by atoms with van der Waals surface area (Å²) in [4.78, 5) is 33.2. The van der Waals surface area contributed by atoms with Gasteiger partial charge in [-0.3, -0.25) is 19.8 Å². The van der Waals surface area contributed by atoms with E-state index in [0.29, 0.717) is 23.9 Å². The normalized spacial score (nSPS) is 14.6. The lowest BCUT2D eigenvalue weighted by molar-refractivity contribution is -0.132. The predicted octanol–water partition coefficient (Wildman–Crippen LogP) is 3.53. The number of carbonyl (C=O) groups excluding carboxylic acids is 2. The third-order valence-corrected chi connectivity index (χ3v) is 5.91. The van der Waals surface area contributed by atoms with Gasteiger partial charge in [-0.1, -0.05) is 23.7 Å². The second kappa shape index (κ2) is 9.42. The summed E-state index contributed by atoms with van der Waals surface area (Å²) in [5.74, 6) is -0.0897. The maximum atomic E-state index is 12.6. The number of hydrogen-bond acceptors (Lipinski definition) is 6. The molecule has 1 aliphatic heterocycles. The Morgan fingerprint density at radius 3 is 2.73 bits per heavy atom. The van der Waals surface area contributed by atoms with Gasteiger partial charge in [0.05, 0.1) is 18.4 Å². The van der Waals surface area contributed by atoms with Gasteiger partial charge in [-0.15, -0.1) is 11.3 Å². The monoisotopic (exact) mass is 444 g/mol. The summed E-state index contributed by atoms with van der Waals surface area (Å²) in [7, 11) is 0. The maximum Gasteiger partial charge on any atom is 0.293 e. The van der Waals surface area contributed by atoms with Crippen LogP contribution in [-0.2, 0) is 17.8 Å². The van der Waals surface area contributed by atoms with Gasteiger partial charge >= 0.3 is 0 Å². The van der Waals surface area contributed by atoms with Crippen molar-refractivity contribution >= 4 is 39.9 Å². The summed E-state index contributed by atoms with van der Waals surface area (Å²) in [5.41, 5.74) is 1.83. The second-order valence-electron chi connectivity index (χ2n) is 7.04. The van der Waals surface area contributed by atoms with Gasteiger partial charge in [-0.05, 0) is 29.8 Å². The molecule has 0 saturated carbocycles. The zero-order valence-electron chi connectivity index (χ0n) is 16.2. The van der Waals surface area contributed by atoms with E-state index in [-0.39, 0.29) is 24.0 Å². The molecule has 30 heavy (non-hydrogen) atoms. The molecule has 1 saturated heterocycles. The standard InChI is InChI=1S/C21H21ClN4O3S/c22-16-4-1-3-15(11-16)13-25-6-8-26(9-7-25)19(27)12-17-14-30-21(23-17)24-20(28)18-5-2-10-29-18/h1-5,10-11,14H,6-9,12-13H2,(H,23,24,28). The topological polar surface area (TPSA) is 78.7 Å². The molecule has 3 aromatic rings. The third kappa shape index (κ3) is 5.27. The smallest absolute Gasteiger partial charge is 0.293 e. The Kier molecular flexibility index (Phi) is 6.47. The number of amides is 2. The van der Waals surface area contributed by atoms with Crippen LogP contribution >= 0.6 is 22.9 Å². The van der Waals surface area contributed by atoms with Crippen molar-refractivity contribution in [1.82, 2.24) is 14.8 Å². The molecule has 0 spiro atoms. The molecule has 2 aromatic heterocycles. The molecular weight excluding hydrogens is 424 g/mol. The Bertz CT molecular complexity index is 1010. The van der Waals surface area contributed by atoms with Crippen LogP contribution in [0.15, 0.2) is 52.5 Å². The Morgan fingerprint density at radius 1 is 1.17 bits per heavy atom. The van der Waals surface area contributed by atoms with E-state index in [9.17, 15) is 9.59 Å². The van der Waals surface area contributed by atoms with E-state index in [1.54, 1.807) is 17.5 Å². The molecule has 0 bridgehead atoms. The summed E-state index contributed by atoms with van der Waals surface area (Å²) >= 11 is 7.35. The summed E-state index contributed by atoms with van der Waals surface area (Å²) < 4.78 is 5.06. The fraction of sp³-hybridized carbons (Fsp3) is 0.286. The van der Waals surface area contributed by atoms with Crippen molar-refractivity contribution in [3.63, 3.8) is 0 Å². The second-order valence-corrected chi connectivity index (χ2v) is 8.33. The summed E-state index contributed by atoms with van der Waals surface area (Å²) in [5, 5.41) is 5.67. The first-order valence-corrected chi connectivity index (χ1v) is 10.9. The highest BCUT2D eigenvalue weighted by Crippen LogP contribution is 2.18. The molecule has 3 heterocycles. The van der Waals surface area contributed by atoms with E-state index in [1.807, 2.05) is 23.1 Å². The third-order valence-electron chi connectivity index (χ3n) is 4.87. The van der Waals surface area contributed by atoms with E-state index in [1.165, 1.54) is 23.2 Å². The number of thiazole rings is 1. The van der Waals surface area contributed by atoms with Crippen molar-refractivity contribution < 1.29 is 14.0 Å². The largest absolute Gasteiger partial charge is 0.459 e. The summed E-state index contributed by atoms with van der Waals surface area (Å²) in [6, 6.07) is 11.1. The number of rotatable bonds is 6. The summed E-state index contributed by atoms with van der Waals surface area (Å²) in [6.07, 6.45) is 1.66. The van der Waals surface area contributed by atoms with Gasteiger partial charge in [0.2, 0.25) is 5.91 Å². The quantitative estimate of drug-likeness (QED) is 0.629. The van der Waals surface area contributed by atoms with E-state index in [0.717, 1.165) is 24.7 Å². The molecular formula is C21H21ClN4O3S. The number of carbonyl (C=O) groups is 2. The Morgan fingerprint density at radius 2 is 2.00 bits per heavy atom. The molecule has 2 amide bonds. The fourth-order valence-electron chi connectivity index (χ4n) is 3.33. The number of anilines is 1. The first kappa shape index (κ1) is 20.6. The van der Waals surface area contributed by atoms with Crippen LogP contribution in [0.1, 0.15) is 21.8 Å². The van der Waals surface area contributed by atoms with Crippen molar-refractivity contribution in [2.24, 2.45) is 0 Å². The first-order chi connectivity index (χ1) is 14.6. The lowest BCUT2D eigenvalue weighted by atomic mass is 10.2. The van der Waals surface area contributed by atoms with E-state index >= 15 is 0 Å². The number of furan rings is 1. The molecule has 0 aliphatic carbocycles. The average molecular weight is 445 g/mol. The number of nitrogens with zero attached hydrogens (tertiary/aromatic N) is 3. The molecule has 0 unspecified atom stereocenters. The molecule has 156 valence electrons. The molecule has 0 radical (unpaired) electrons. The minimum Gasteiger partial charge on any atom is -0.459 e. The molecule has 1 aromatic carbocycles. The van der Waals surface area contributed by atoms with Gasteiger partial charge in [0.15, 0.2) is 10.9 Å². The molecule has 0 atom stereocenters. The first-order valence-electron chi connectivity index (χ1n) is 9.60. The van der Waals surface area contributed by atoms with Crippen LogP contribution < -0.4 is 5.32 Å². The van der Waals surface area contributed by atoms with Crippen molar-refractivity contribution in [2.45, 2.75) is 13.0 Å². The lowest BCUT2D eigenvalue weighted by Crippen LogP contribution is -2.48. The van der Waals surface area contributed by atoms with Crippen LogP contribution in [0.25, 0.3) is 0 Å². The molecule has 1 fully saturated rings. The molecule has 4 rings (SSSR count). The zero-order valence-corrected chi connectivity index (χ0v) is 17.8. The number of halogens is 1. The van der Waals surface area contributed by atoms with E-state index in [2.05, 4.69) is 21.3 Å². The molecule has 1 N–H and O–H groups in total. The van der Waals surface area contributed by atoms with Gasteiger partial charge in [0, 0.05) is 43.1 Å². The zero-order chi connectivity index (χ0) is 20.9. The van der Waals surface area contributed by atoms with Gasteiger partial charge in [0.25, 0.3) is 5.91 Å². The molecule has 9 heteroatoms. The highest BCUT2D eigenvalue weighted by atomic mass is 35.5. The van der Waals surface area contributed by atoms with Crippen LogP contribution in [0, 0.1) is 0 Å². The van der Waals surface area contributed by atoms with Gasteiger partial charge in [-0.2, -0.15) is 0 Å². The summed E-state index contributed by atoms with van der Waals surface area (Å²) in [6.45, 7) is 3.84. The average Bonchev–Trinajstić information content (AvgIpc) is 3.41. The van der Waals surface area contributed by atoms with Crippen molar-refractivity contribution in [1.29, 1.82) is 0 Å². The van der Waals surface area contributed by atoms with Crippen molar-refractivity contribution in [3.8, 4) is 0 Å². The van der Waals surface area contributed by atoms with Crippen molar-refractivity contribution in [2.75, 3.05) is 31.5 Å². The van der Waals surface area contributed by atoms with Crippen LogP contribution in [0.3, 0.4) is 0 Å². The Labute approximate surface area is 183 Å². The van der Waals surface area contributed by atoms with Crippen LogP contribution in [-0.4, -0.2) is 52.8 Å². The van der Waals surface area contributed by atoms with Gasteiger partial charge in [-0.25, -0.2) is 4.98 Å². The van der Waals surface area contributed by atoms with Crippen LogP contribution in [0.5, 0.6) is 0 Å². The predicted molar refractivity (Wildman–Crippen MR) is 116 cm³/mol. The minimum absolute atomic E-state index is 0.0478. The number of hydrogen-bond donors (Lipinski definition) is 1. The number of piperazine rings is 1. The van der Waals surface area contributed by atoms with Gasteiger partial charge < -0.3 is 9.32 Å². The maximum absolute atomic E-state index is 12.6. The Hall–Kier alpha value is -2.68. The SMILES string of the molecule is O=C(Nc1nc(CC(=O)N2CCN(Cc3cccc(Cl)c3)CC2)cs1)c1ccco1.